The summed E-state index contributed by atoms with van der Waals surface area (Å²) in [7, 11) is 1.78. The third kappa shape index (κ3) is 5.00. The van der Waals surface area contributed by atoms with Crippen molar-refractivity contribution < 1.29 is 9.47 Å². The second-order valence-electron chi connectivity index (χ2n) is 4.87. The van der Waals surface area contributed by atoms with Crippen molar-refractivity contribution in [2.24, 2.45) is 4.99 Å². The Balaban J connectivity index is 0.00000192. The minimum atomic E-state index is 0. The molecule has 1 aromatic heterocycles. The molecule has 1 aliphatic rings. The van der Waals surface area contributed by atoms with Crippen molar-refractivity contribution in [3.63, 3.8) is 0 Å². The number of nitrogens with zero attached hydrogens (tertiary/aromatic N) is 1. The van der Waals surface area contributed by atoms with Crippen LogP contribution in [-0.4, -0.2) is 26.3 Å². The summed E-state index contributed by atoms with van der Waals surface area (Å²) in [5.74, 6) is 2.47. The third-order valence-electron chi connectivity index (χ3n) is 3.38. The predicted octanol–water partition coefficient (Wildman–Crippen LogP) is 3.00. The Labute approximate surface area is 157 Å². The van der Waals surface area contributed by atoms with Gasteiger partial charge in [-0.05, 0) is 35.6 Å². The topological polar surface area (TPSA) is 54.9 Å². The Bertz CT molecular complexity index is 647. The standard InChI is InChI=1S/C16H19N3O2S.HI/c1-17-16(19-10-13-3-2-8-22-13)18-7-6-12-4-5-14-15(9-12)21-11-20-14;/h2-5,8-9H,6-7,10-11H2,1H3,(H2,17,18,19);1H. The molecule has 0 amide bonds. The van der Waals surface area contributed by atoms with Crippen molar-refractivity contribution in [2.45, 2.75) is 13.0 Å². The first kappa shape index (κ1) is 17.9. The first-order chi connectivity index (χ1) is 10.8. The van der Waals surface area contributed by atoms with Gasteiger partial charge in [-0.1, -0.05) is 12.1 Å². The SMILES string of the molecule is CN=C(NCCc1ccc2c(c1)OCO2)NCc1cccs1.I. The number of fused-ring (bicyclic) bond motifs is 1. The van der Waals surface area contributed by atoms with Gasteiger partial charge in [0.1, 0.15) is 0 Å². The van der Waals surface area contributed by atoms with Crippen molar-refractivity contribution in [2.75, 3.05) is 20.4 Å². The molecule has 0 unspecified atom stereocenters. The Morgan fingerprint density at radius 2 is 2.09 bits per heavy atom. The monoisotopic (exact) mass is 445 g/mol. The quantitative estimate of drug-likeness (QED) is 0.422. The van der Waals surface area contributed by atoms with Crippen molar-refractivity contribution in [3.8, 4) is 11.5 Å². The Morgan fingerprint density at radius 1 is 1.22 bits per heavy atom. The van der Waals surface area contributed by atoms with E-state index in [-0.39, 0.29) is 24.0 Å². The van der Waals surface area contributed by atoms with Crippen LogP contribution in [0.1, 0.15) is 10.4 Å². The van der Waals surface area contributed by atoms with Crippen LogP contribution in [0.25, 0.3) is 0 Å². The smallest absolute Gasteiger partial charge is 0.231 e. The molecule has 0 bridgehead atoms. The number of thiophene rings is 1. The lowest BCUT2D eigenvalue weighted by Gasteiger charge is -2.11. The van der Waals surface area contributed by atoms with Gasteiger partial charge in [0.2, 0.25) is 6.79 Å². The maximum absolute atomic E-state index is 5.39. The predicted molar refractivity (Wildman–Crippen MR) is 104 cm³/mol. The minimum Gasteiger partial charge on any atom is -0.454 e. The highest BCUT2D eigenvalue weighted by Gasteiger charge is 2.12. The molecule has 0 atom stereocenters. The van der Waals surface area contributed by atoms with E-state index in [1.165, 1.54) is 10.4 Å². The van der Waals surface area contributed by atoms with E-state index in [4.69, 9.17) is 9.47 Å². The number of aliphatic imine (C=N–C) groups is 1. The van der Waals surface area contributed by atoms with Gasteiger partial charge in [0.05, 0.1) is 6.54 Å². The zero-order valence-electron chi connectivity index (χ0n) is 12.9. The summed E-state index contributed by atoms with van der Waals surface area (Å²) < 4.78 is 10.7. The van der Waals surface area contributed by atoms with E-state index in [2.05, 4.69) is 39.2 Å². The summed E-state index contributed by atoms with van der Waals surface area (Å²) in [6.45, 7) is 1.92. The highest BCUT2D eigenvalue weighted by Crippen LogP contribution is 2.32. The van der Waals surface area contributed by atoms with Crippen LogP contribution < -0.4 is 20.1 Å². The zero-order valence-corrected chi connectivity index (χ0v) is 16.0. The summed E-state index contributed by atoms with van der Waals surface area (Å²) in [6, 6.07) is 10.2. The fourth-order valence-corrected chi connectivity index (χ4v) is 2.87. The molecule has 1 aromatic carbocycles. The van der Waals surface area contributed by atoms with Crippen molar-refractivity contribution in [1.29, 1.82) is 0 Å². The Hall–Kier alpha value is -1.48. The summed E-state index contributed by atoms with van der Waals surface area (Å²) >= 11 is 1.74. The fourth-order valence-electron chi connectivity index (χ4n) is 2.23. The van der Waals surface area contributed by atoms with Gasteiger partial charge in [-0.25, -0.2) is 0 Å². The van der Waals surface area contributed by atoms with Gasteiger partial charge in [0.25, 0.3) is 0 Å². The van der Waals surface area contributed by atoms with Gasteiger partial charge in [0, 0.05) is 18.5 Å². The molecular formula is C16H20IN3O2S. The van der Waals surface area contributed by atoms with Crippen LogP contribution >= 0.6 is 35.3 Å². The van der Waals surface area contributed by atoms with Crippen LogP contribution in [0.4, 0.5) is 0 Å². The van der Waals surface area contributed by atoms with Crippen molar-refractivity contribution in [3.05, 3.63) is 46.2 Å². The lowest BCUT2D eigenvalue weighted by atomic mass is 10.1. The van der Waals surface area contributed by atoms with Crippen LogP contribution in [0, 0.1) is 0 Å². The molecule has 2 N–H and O–H groups in total. The Morgan fingerprint density at radius 3 is 2.87 bits per heavy atom. The first-order valence-corrected chi connectivity index (χ1v) is 8.08. The number of halogens is 1. The average Bonchev–Trinajstić information content (AvgIpc) is 3.21. The molecule has 23 heavy (non-hydrogen) atoms. The third-order valence-corrected chi connectivity index (χ3v) is 4.25. The lowest BCUT2D eigenvalue weighted by molar-refractivity contribution is 0.174. The fraction of sp³-hybridized carbons (Fsp3) is 0.312. The van der Waals surface area contributed by atoms with Crippen LogP contribution in [0.5, 0.6) is 11.5 Å². The number of guanidine groups is 1. The highest BCUT2D eigenvalue weighted by molar-refractivity contribution is 14.0. The minimum absolute atomic E-state index is 0. The molecule has 0 fully saturated rings. The molecule has 0 saturated heterocycles. The van der Waals surface area contributed by atoms with Crippen LogP contribution in [0.15, 0.2) is 40.7 Å². The van der Waals surface area contributed by atoms with Gasteiger partial charge in [-0.15, -0.1) is 35.3 Å². The second kappa shape index (κ2) is 8.97. The number of nitrogens with one attached hydrogen (secondary N) is 2. The van der Waals surface area contributed by atoms with E-state index in [1.54, 1.807) is 18.4 Å². The maximum atomic E-state index is 5.39. The zero-order chi connectivity index (χ0) is 15.2. The molecule has 1 aliphatic heterocycles. The normalized spacial score (nSPS) is 12.7. The van der Waals surface area contributed by atoms with Crippen molar-refractivity contribution >= 4 is 41.3 Å². The number of benzene rings is 1. The summed E-state index contributed by atoms with van der Waals surface area (Å²) in [4.78, 5) is 5.52. The summed E-state index contributed by atoms with van der Waals surface area (Å²) in [6.07, 6.45) is 0.899. The van der Waals surface area contributed by atoms with Gasteiger partial charge < -0.3 is 20.1 Å². The number of hydrogen-bond donors (Lipinski definition) is 2. The average molecular weight is 445 g/mol. The maximum Gasteiger partial charge on any atom is 0.231 e. The van der Waals surface area contributed by atoms with Gasteiger partial charge in [0.15, 0.2) is 17.5 Å². The van der Waals surface area contributed by atoms with Gasteiger partial charge in [-0.3, -0.25) is 4.99 Å². The van der Waals surface area contributed by atoms with E-state index in [1.807, 2.05) is 12.1 Å². The molecule has 0 saturated carbocycles. The molecule has 2 heterocycles. The van der Waals surface area contributed by atoms with Crippen molar-refractivity contribution in [1.82, 2.24) is 10.6 Å². The molecule has 3 rings (SSSR count). The lowest BCUT2D eigenvalue weighted by Crippen LogP contribution is -2.37. The first-order valence-electron chi connectivity index (χ1n) is 7.20. The molecular weight excluding hydrogens is 425 g/mol. The molecule has 0 radical (unpaired) electrons. The largest absolute Gasteiger partial charge is 0.454 e. The number of rotatable bonds is 5. The van der Waals surface area contributed by atoms with Crippen LogP contribution in [0.2, 0.25) is 0 Å². The summed E-state index contributed by atoms with van der Waals surface area (Å²) in [5, 5.41) is 8.70. The molecule has 124 valence electrons. The van der Waals surface area contributed by atoms with Gasteiger partial charge in [-0.2, -0.15) is 0 Å². The summed E-state index contributed by atoms with van der Waals surface area (Å²) in [5.41, 5.74) is 1.21. The molecule has 0 spiro atoms. The number of hydrogen-bond acceptors (Lipinski definition) is 4. The molecule has 7 heteroatoms. The second-order valence-corrected chi connectivity index (χ2v) is 5.90. The van der Waals surface area contributed by atoms with Gasteiger partial charge >= 0.3 is 0 Å². The molecule has 5 nitrogen and oxygen atoms in total. The molecule has 0 aliphatic carbocycles. The highest BCUT2D eigenvalue weighted by atomic mass is 127. The van der Waals surface area contributed by atoms with E-state index in [9.17, 15) is 0 Å². The van der Waals surface area contributed by atoms with E-state index in [0.29, 0.717) is 6.79 Å². The van der Waals surface area contributed by atoms with Crippen LogP contribution in [-0.2, 0) is 13.0 Å². The van der Waals surface area contributed by atoms with Crippen LogP contribution in [0.3, 0.4) is 0 Å². The Kier molecular flexibility index (Phi) is 6.97. The number of ether oxygens (including phenoxy) is 2. The van der Waals surface area contributed by atoms with E-state index >= 15 is 0 Å². The molecule has 2 aromatic rings. The van der Waals surface area contributed by atoms with E-state index in [0.717, 1.165) is 37.0 Å². The van der Waals surface area contributed by atoms with E-state index < -0.39 is 0 Å².